The maximum absolute atomic E-state index is 11.9. The minimum Gasteiger partial charge on any atom is -0.331 e. The topological polar surface area (TPSA) is 75.2 Å². The monoisotopic (exact) mass is 350 g/mol. The fraction of sp³-hybridized carbons (Fsp3) is 0.267. The summed E-state index contributed by atoms with van der Waals surface area (Å²) in [5.41, 5.74) is 8.91. The van der Waals surface area contributed by atoms with Crippen molar-refractivity contribution in [1.29, 1.82) is 0 Å². The molecule has 0 fully saturated rings. The molecule has 0 atom stereocenters. The Morgan fingerprint density at radius 2 is 2.00 bits per heavy atom. The Morgan fingerprint density at radius 3 is 2.65 bits per heavy atom. The van der Waals surface area contributed by atoms with Crippen LogP contribution in [0.15, 0.2) is 28.4 Å². The van der Waals surface area contributed by atoms with E-state index < -0.39 is 0 Å². The van der Waals surface area contributed by atoms with Gasteiger partial charge in [-0.3, -0.25) is 25.0 Å². The molecule has 0 bridgehead atoms. The Hall–Kier alpha value is -2.19. The molecule has 0 unspecified atom stereocenters. The summed E-state index contributed by atoms with van der Waals surface area (Å²) in [6, 6.07) is 5.98. The van der Waals surface area contributed by atoms with Crippen LogP contribution in [0.5, 0.6) is 0 Å². The molecule has 122 valence electrons. The molecule has 6 nitrogen and oxygen atoms in total. The second-order valence-corrected chi connectivity index (χ2v) is 6.40. The molecular weight excluding hydrogens is 332 g/mol. The molecule has 1 amide bonds. The van der Waals surface area contributed by atoms with E-state index >= 15 is 0 Å². The van der Waals surface area contributed by atoms with Crippen molar-refractivity contribution in [3.63, 3.8) is 0 Å². The zero-order valence-corrected chi connectivity index (χ0v) is 14.7. The molecule has 0 aliphatic heterocycles. The van der Waals surface area contributed by atoms with Crippen LogP contribution in [0.3, 0.4) is 0 Å². The number of thiazole rings is 1. The Bertz CT molecular complexity index is 795. The molecule has 0 saturated heterocycles. The largest absolute Gasteiger partial charge is 0.331 e. The second-order valence-electron chi connectivity index (χ2n) is 5.17. The van der Waals surface area contributed by atoms with E-state index in [0.717, 1.165) is 33.8 Å². The lowest BCUT2D eigenvalue weighted by Crippen LogP contribution is -2.45. The van der Waals surface area contributed by atoms with Crippen LogP contribution in [0.2, 0.25) is 0 Å². The first-order chi connectivity index (χ1) is 10.9. The molecule has 2 rings (SSSR count). The molecule has 1 aromatic carbocycles. The van der Waals surface area contributed by atoms with Gasteiger partial charge in [0.1, 0.15) is 6.54 Å². The van der Waals surface area contributed by atoms with Crippen molar-refractivity contribution >= 4 is 40.3 Å². The lowest BCUT2D eigenvalue weighted by molar-refractivity contribution is -0.122. The number of hydrogen-bond acceptors (Lipinski definition) is 4. The van der Waals surface area contributed by atoms with Gasteiger partial charge in [-0.15, -0.1) is 0 Å². The number of hydrogen-bond donors (Lipinski definition) is 3. The summed E-state index contributed by atoms with van der Waals surface area (Å²) in [5.74, 6) is -0.348. The first kappa shape index (κ1) is 17.2. The van der Waals surface area contributed by atoms with E-state index in [1.165, 1.54) is 4.57 Å². The summed E-state index contributed by atoms with van der Waals surface area (Å²) in [5, 5.41) is 5.02. The highest BCUT2D eigenvalue weighted by Gasteiger charge is 2.09. The lowest BCUT2D eigenvalue weighted by atomic mass is 10.1. The highest BCUT2D eigenvalue weighted by Crippen LogP contribution is 2.15. The zero-order chi connectivity index (χ0) is 17.0. The minimum atomic E-state index is -0.348. The van der Waals surface area contributed by atoms with Crippen LogP contribution in [0.1, 0.15) is 16.8 Å². The van der Waals surface area contributed by atoms with Crippen molar-refractivity contribution in [1.82, 2.24) is 15.4 Å². The van der Waals surface area contributed by atoms with Gasteiger partial charge in [-0.25, -0.2) is 0 Å². The SMILES string of the molecule is Cc1ccc(C)c(NC(=S)NNC(=O)Cn2c(C)csc2=O)c1. The predicted octanol–water partition coefficient (Wildman–Crippen LogP) is 1.85. The number of benzene rings is 1. The Morgan fingerprint density at radius 1 is 1.26 bits per heavy atom. The number of hydrazine groups is 1. The Kier molecular flexibility index (Phi) is 5.51. The maximum Gasteiger partial charge on any atom is 0.307 e. The van der Waals surface area contributed by atoms with Crippen molar-refractivity contribution in [2.24, 2.45) is 0 Å². The van der Waals surface area contributed by atoms with E-state index in [1.54, 1.807) is 12.3 Å². The van der Waals surface area contributed by atoms with Gasteiger partial charge in [0.05, 0.1) is 0 Å². The zero-order valence-electron chi connectivity index (χ0n) is 13.1. The maximum atomic E-state index is 11.9. The highest BCUT2D eigenvalue weighted by atomic mass is 32.1. The van der Waals surface area contributed by atoms with Crippen LogP contribution in [0.4, 0.5) is 5.69 Å². The van der Waals surface area contributed by atoms with E-state index in [4.69, 9.17) is 12.2 Å². The molecular formula is C15H18N4O2S2. The number of nitrogens with zero attached hydrogens (tertiary/aromatic N) is 1. The molecule has 1 heterocycles. The fourth-order valence-corrected chi connectivity index (χ4v) is 2.83. The average Bonchev–Trinajstić information content (AvgIpc) is 2.81. The number of nitrogens with one attached hydrogen (secondary N) is 3. The highest BCUT2D eigenvalue weighted by molar-refractivity contribution is 7.80. The molecule has 23 heavy (non-hydrogen) atoms. The molecule has 0 aliphatic carbocycles. The fourth-order valence-electron chi connectivity index (χ4n) is 1.93. The normalized spacial score (nSPS) is 10.2. The van der Waals surface area contributed by atoms with Crippen LogP contribution >= 0.6 is 23.6 Å². The first-order valence-corrected chi connectivity index (χ1v) is 8.23. The molecule has 0 radical (unpaired) electrons. The van der Waals surface area contributed by atoms with Crippen LogP contribution in [0, 0.1) is 20.8 Å². The average molecular weight is 350 g/mol. The van der Waals surface area contributed by atoms with E-state index in [9.17, 15) is 9.59 Å². The number of anilines is 1. The van der Waals surface area contributed by atoms with Crippen LogP contribution in [-0.4, -0.2) is 15.6 Å². The first-order valence-electron chi connectivity index (χ1n) is 6.95. The summed E-state index contributed by atoms with van der Waals surface area (Å²) in [7, 11) is 0. The van der Waals surface area contributed by atoms with Gasteiger partial charge in [-0.2, -0.15) is 0 Å². The molecule has 8 heteroatoms. The molecule has 0 spiro atoms. The van der Waals surface area contributed by atoms with E-state index in [1.807, 2.05) is 32.0 Å². The lowest BCUT2D eigenvalue weighted by Gasteiger charge is -2.14. The number of carbonyl (C=O) groups is 1. The molecule has 1 aromatic heterocycles. The third-order valence-corrected chi connectivity index (χ3v) is 4.32. The summed E-state index contributed by atoms with van der Waals surface area (Å²) in [4.78, 5) is 23.3. The number of carbonyl (C=O) groups excluding carboxylic acids is 1. The molecule has 3 N–H and O–H groups in total. The second kappa shape index (κ2) is 7.38. The van der Waals surface area contributed by atoms with Crippen molar-refractivity contribution in [2.45, 2.75) is 27.3 Å². The Balaban J connectivity index is 1.88. The van der Waals surface area contributed by atoms with Gasteiger partial charge in [-0.1, -0.05) is 23.5 Å². The van der Waals surface area contributed by atoms with E-state index in [-0.39, 0.29) is 22.4 Å². The quantitative estimate of drug-likeness (QED) is 0.582. The number of aryl methyl sites for hydroxylation is 3. The van der Waals surface area contributed by atoms with Crippen LogP contribution in [0.25, 0.3) is 0 Å². The number of amides is 1. The summed E-state index contributed by atoms with van der Waals surface area (Å²) >= 11 is 6.22. The minimum absolute atomic E-state index is 0.0484. The summed E-state index contributed by atoms with van der Waals surface area (Å²) < 4.78 is 1.41. The van der Waals surface area contributed by atoms with Gasteiger partial charge in [0.2, 0.25) is 0 Å². The summed E-state index contributed by atoms with van der Waals surface area (Å²) in [6.07, 6.45) is 0. The van der Waals surface area contributed by atoms with Crippen molar-refractivity contribution in [2.75, 3.05) is 5.32 Å². The van der Waals surface area contributed by atoms with Crippen molar-refractivity contribution < 1.29 is 4.79 Å². The molecule has 0 aliphatic rings. The number of thiocarbonyl (C=S) groups is 1. The number of rotatable bonds is 3. The summed E-state index contributed by atoms with van der Waals surface area (Å²) in [6.45, 7) is 5.69. The predicted molar refractivity (Wildman–Crippen MR) is 96.7 cm³/mol. The standard InChI is InChI=1S/C15H18N4O2S2/c1-9-4-5-10(2)12(6-9)16-14(22)18-17-13(20)7-19-11(3)8-23-15(19)21/h4-6,8H,7H2,1-3H3,(H,17,20)(H2,16,18,22). The smallest absolute Gasteiger partial charge is 0.307 e. The van der Waals surface area contributed by atoms with Gasteiger partial charge in [0.15, 0.2) is 5.11 Å². The van der Waals surface area contributed by atoms with Gasteiger partial charge in [-0.05, 0) is 50.2 Å². The van der Waals surface area contributed by atoms with Crippen molar-refractivity contribution in [3.05, 3.63) is 50.1 Å². The van der Waals surface area contributed by atoms with Gasteiger partial charge in [0.25, 0.3) is 5.91 Å². The molecule has 2 aromatic rings. The van der Waals surface area contributed by atoms with E-state index in [2.05, 4.69) is 16.2 Å². The van der Waals surface area contributed by atoms with Crippen LogP contribution in [-0.2, 0) is 11.3 Å². The third kappa shape index (κ3) is 4.64. The number of aromatic nitrogens is 1. The van der Waals surface area contributed by atoms with Gasteiger partial charge < -0.3 is 5.32 Å². The van der Waals surface area contributed by atoms with Gasteiger partial charge in [0, 0.05) is 16.8 Å². The van der Waals surface area contributed by atoms with E-state index in [0.29, 0.717) is 0 Å². The third-order valence-electron chi connectivity index (χ3n) is 3.23. The molecule has 0 saturated carbocycles. The Labute approximate surface area is 143 Å². The van der Waals surface area contributed by atoms with Crippen molar-refractivity contribution in [3.8, 4) is 0 Å². The van der Waals surface area contributed by atoms with Crippen LogP contribution < -0.4 is 21.0 Å². The van der Waals surface area contributed by atoms with Gasteiger partial charge >= 0.3 is 4.87 Å².